The molecule has 0 atom stereocenters. The summed E-state index contributed by atoms with van der Waals surface area (Å²) in [6, 6.07) is 21.2. The molecule has 0 aliphatic rings. The molecule has 36 heavy (non-hydrogen) atoms. The van der Waals surface area contributed by atoms with E-state index in [1.807, 2.05) is 36.4 Å². The Morgan fingerprint density at radius 2 is 0.694 bits per heavy atom. The molecule has 194 valence electrons. The molecule has 0 fully saturated rings. The zero-order valence-electron chi connectivity index (χ0n) is 20.2. The Balaban J connectivity index is 0.000000454. The summed E-state index contributed by atoms with van der Waals surface area (Å²) in [7, 11) is 0. The van der Waals surface area contributed by atoms with Gasteiger partial charge in [0.15, 0.2) is 0 Å². The fourth-order valence-corrected chi connectivity index (χ4v) is 2.28. The van der Waals surface area contributed by atoms with Gasteiger partial charge in [-0.15, -0.1) is 0 Å². The van der Waals surface area contributed by atoms with Gasteiger partial charge in [-0.05, 0) is 18.2 Å². The van der Waals surface area contributed by atoms with E-state index in [0.29, 0.717) is 0 Å². The van der Waals surface area contributed by atoms with Gasteiger partial charge in [0.1, 0.15) is 17.2 Å². The Bertz CT molecular complexity index is 908. The summed E-state index contributed by atoms with van der Waals surface area (Å²) in [5, 5.41) is 61.1. The molecule has 0 aromatic heterocycles. The summed E-state index contributed by atoms with van der Waals surface area (Å²) in [5.41, 5.74) is 1.22. The first-order chi connectivity index (χ1) is 17.3. The van der Waals surface area contributed by atoms with Crippen LogP contribution in [0.4, 0.5) is 0 Å². The maximum atomic E-state index is 9.04. The molecule has 0 heterocycles. The smallest absolute Gasteiger partial charge is 0.122 e. The number of hydrogen-bond acceptors (Lipinski definition) is 7. The maximum Gasteiger partial charge on any atom is 0.122 e. The highest BCUT2D eigenvalue weighted by Gasteiger charge is 2.26. The highest BCUT2D eigenvalue weighted by Crippen LogP contribution is 2.17. The minimum atomic E-state index is -1.11. The largest absolute Gasteiger partial charge is 0.507 e. The number of hydrogen-bond donors (Lipinski definition) is 7. The molecule has 0 aliphatic heterocycles. The topological polar surface area (TPSA) is 142 Å². The standard InChI is InChI=1S/3C8H8O.C5H12O4/c3*1-2-7-5-3-4-6-8(7)9;6-1-5(2-7,3-8)4-9/h3*2-6,9H,1H2;6-9H,1-4H2. The highest BCUT2D eigenvalue weighted by atomic mass is 16.3. The van der Waals surface area contributed by atoms with Crippen molar-refractivity contribution in [3.8, 4) is 17.2 Å². The number of aliphatic hydroxyl groups is 4. The number of para-hydroxylation sites is 3. The number of phenolic OH excluding ortho intramolecular Hbond substituents is 3. The maximum absolute atomic E-state index is 9.04. The number of aromatic hydroxyl groups is 3. The lowest BCUT2D eigenvalue weighted by atomic mass is 9.93. The van der Waals surface area contributed by atoms with Gasteiger partial charge in [-0.2, -0.15) is 0 Å². The van der Waals surface area contributed by atoms with Gasteiger partial charge in [0.05, 0.1) is 31.8 Å². The van der Waals surface area contributed by atoms with Crippen LogP contribution in [0.2, 0.25) is 0 Å². The fourth-order valence-electron chi connectivity index (χ4n) is 2.28. The normalized spacial score (nSPS) is 9.67. The second kappa shape index (κ2) is 18.4. The lowest BCUT2D eigenvalue weighted by Crippen LogP contribution is -2.37. The SMILES string of the molecule is C=Cc1ccccc1O.C=Cc1ccccc1O.C=Cc1ccccc1O.OCC(CO)(CO)CO. The Morgan fingerprint density at radius 1 is 0.472 bits per heavy atom. The summed E-state index contributed by atoms with van der Waals surface area (Å²) in [6.07, 6.45) is 4.86. The van der Waals surface area contributed by atoms with Gasteiger partial charge in [-0.1, -0.05) is 92.6 Å². The van der Waals surface area contributed by atoms with Crippen molar-refractivity contribution in [3.05, 3.63) is 109 Å². The van der Waals surface area contributed by atoms with Gasteiger partial charge in [-0.3, -0.25) is 0 Å². The van der Waals surface area contributed by atoms with Gasteiger partial charge in [0, 0.05) is 16.7 Å². The second-order valence-electron chi connectivity index (χ2n) is 7.42. The van der Waals surface area contributed by atoms with E-state index in [-0.39, 0.29) is 17.2 Å². The van der Waals surface area contributed by atoms with Crippen LogP contribution in [0.15, 0.2) is 92.5 Å². The van der Waals surface area contributed by atoms with Gasteiger partial charge >= 0.3 is 0 Å². The molecule has 0 bridgehead atoms. The molecule has 0 spiro atoms. The van der Waals surface area contributed by atoms with Crippen LogP contribution in [0.3, 0.4) is 0 Å². The Kier molecular flexibility index (Phi) is 16.5. The zero-order valence-corrected chi connectivity index (χ0v) is 20.2. The van der Waals surface area contributed by atoms with Gasteiger partial charge in [-0.25, -0.2) is 0 Å². The van der Waals surface area contributed by atoms with E-state index in [1.165, 1.54) is 0 Å². The van der Waals surface area contributed by atoms with Crippen LogP contribution < -0.4 is 0 Å². The van der Waals surface area contributed by atoms with E-state index < -0.39 is 31.8 Å². The van der Waals surface area contributed by atoms with Crippen molar-refractivity contribution in [2.45, 2.75) is 0 Å². The molecule has 0 amide bonds. The van der Waals surface area contributed by atoms with Crippen molar-refractivity contribution in [1.29, 1.82) is 0 Å². The number of rotatable bonds is 7. The molecule has 7 nitrogen and oxygen atoms in total. The van der Waals surface area contributed by atoms with Gasteiger partial charge < -0.3 is 35.7 Å². The zero-order chi connectivity index (χ0) is 27.4. The first kappa shape index (κ1) is 32.1. The number of benzene rings is 3. The van der Waals surface area contributed by atoms with Crippen molar-refractivity contribution in [2.24, 2.45) is 5.41 Å². The summed E-state index contributed by atoms with van der Waals surface area (Å²) >= 11 is 0. The minimum Gasteiger partial charge on any atom is -0.507 e. The quantitative estimate of drug-likeness (QED) is 0.262. The summed E-state index contributed by atoms with van der Waals surface area (Å²) in [4.78, 5) is 0. The van der Waals surface area contributed by atoms with E-state index in [4.69, 9.17) is 35.7 Å². The van der Waals surface area contributed by atoms with E-state index in [9.17, 15) is 0 Å². The molecule has 0 unspecified atom stereocenters. The van der Waals surface area contributed by atoms with Gasteiger partial charge in [0.25, 0.3) is 0 Å². The molecule has 7 heteroatoms. The molecule has 3 rings (SSSR count). The molecule has 0 saturated carbocycles. The summed E-state index contributed by atoms with van der Waals surface area (Å²) in [5.74, 6) is 0.854. The van der Waals surface area contributed by atoms with Crippen LogP contribution in [0, 0.1) is 5.41 Å². The van der Waals surface area contributed by atoms with Crippen molar-refractivity contribution in [3.63, 3.8) is 0 Å². The number of phenols is 3. The van der Waals surface area contributed by atoms with E-state index in [0.717, 1.165) is 16.7 Å². The van der Waals surface area contributed by atoms with E-state index >= 15 is 0 Å². The Hall–Kier alpha value is -3.88. The van der Waals surface area contributed by atoms with Crippen LogP contribution in [0.1, 0.15) is 16.7 Å². The van der Waals surface area contributed by atoms with Crippen LogP contribution in [0.25, 0.3) is 18.2 Å². The second-order valence-corrected chi connectivity index (χ2v) is 7.42. The molecule has 3 aromatic carbocycles. The van der Waals surface area contributed by atoms with Crippen molar-refractivity contribution in [2.75, 3.05) is 26.4 Å². The molecular formula is C29H36O7. The highest BCUT2D eigenvalue weighted by molar-refractivity contribution is 5.55. The van der Waals surface area contributed by atoms with E-state index in [2.05, 4.69) is 19.7 Å². The van der Waals surface area contributed by atoms with Crippen molar-refractivity contribution in [1.82, 2.24) is 0 Å². The number of aliphatic hydroxyl groups excluding tert-OH is 4. The third kappa shape index (κ3) is 11.5. The monoisotopic (exact) mass is 496 g/mol. The molecule has 0 aliphatic carbocycles. The van der Waals surface area contributed by atoms with Crippen LogP contribution in [0.5, 0.6) is 17.2 Å². The fraction of sp³-hybridized carbons (Fsp3) is 0.172. The third-order valence-corrected chi connectivity index (χ3v) is 4.81. The van der Waals surface area contributed by atoms with E-state index in [1.54, 1.807) is 54.6 Å². The first-order valence-corrected chi connectivity index (χ1v) is 10.9. The summed E-state index contributed by atoms with van der Waals surface area (Å²) < 4.78 is 0. The van der Waals surface area contributed by atoms with Crippen molar-refractivity contribution >= 4 is 18.2 Å². The molecule has 0 radical (unpaired) electrons. The van der Waals surface area contributed by atoms with Crippen LogP contribution >= 0.6 is 0 Å². The average Bonchev–Trinajstić information content (AvgIpc) is 2.92. The Labute approximate surface area is 212 Å². The molecule has 7 N–H and O–H groups in total. The summed E-state index contributed by atoms with van der Waals surface area (Å²) in [6.45, 7) is 8.97. The predicted octanol–water partition coefficient (Wildman–Crippen LogP) is 4.05. The van der Waals surface area contributed by atoms with Crippen LogP contribution in [-0.2, 0) is 0 Å². The first-order valence-electron chi connectivity index (χ1n) is 10.9. The molecule has 0 saturated heterocycles. The van der Waals surface area contributed by atoms with Gasteiger partial charge in [0.2, 0.25) is 0 Å². The lowest BCUT2D eigenvalue weighted by molar-refractivity contribution is -0.0328. The minimum absolute atomic E-state index is 0.285. The molecular weight excluding hydrogens is 460 g/mol. The van der Waals surface area contributed by atoms with Crippen LogP contribution in [-0.4, -0.2) is 62.2 Å². The Morgan fingerprint density at radius 3 is 0.806 bits per heavy atom. The predicted molar refractivity (Wildman–Crippen MR) is 145 cm³/mol. The third-order valence-electron chi connectivity index (χ3n) is 4.81. The molecule has 3 aromatic rings. The van der Waals surface area contributed by atoms with Crippen molar-refractivity contribution < 1.29 is 35.7 Å². The average molecular weight is 497 g/mol. The lowest BCUT2D eigenvalue weighted by Gasteiger charge is -2.23.